The van der Waals surface area contributed by atoms with Crippen LogP contribution in [0.5, 0.6) is 0 Å². The molecule has 0 aliphatic carbocycles. The molecule has 1 saturated heterocycles. The minimum atomic E-state index is -4.52. The molecule has 35 heavy (non-hydrogen) atoms. The van der Waals surface area contributed by atoms with Crippen molar-refractivity contribution in [3.63, 3.8) is 0 Å². The first-order valence-electron chi connectivity index (χ1n) is 9.13. The van der Waals surface area contributed by atoms with Crippen LogP contribution in [-0.4, -0.2) is 51.2 Å². The number of hydrogen-bond donors (Lipinski definition) is 4. The molecular formula is C16H21N5O11S3. The average molecular weight is 556 g/mol. The van der Waals surface area contributed by atoms with Crippen LogP contribution < -0.4 is 16.6 Å². The number of sulfonamides is 1. The Bertz CT molecular complexity index is 1340. The summed E-state index contributed by atoms with van der Waals surface area (Å²) in [5.41, 5.74) is 9.33. The predicted octanol–water partition coefficient (Wildman–Crippen LogP) is 0.443. The van der Waals surface area contributed by atoms with Gasteiger partial charge in [0.15, 0.2) is 0 Å². The molecule has 2 aromatic rings. The van der Waals surface area contributed by atoms with Crippen LogP contribution in [-0.2, 0) is 30.0 Å². The van der Waals surface area contributed by atoms with Crippen LogP contribution in [0, 0.1) is 20.2 Å². The maximum atomic E-state index is 10.9. The Balaban J connectivity index is 0.000000277. The summed E-state index contributed by atoms with van der Waals surface area (Å²) in [7, 11) is -11.1. The molecule has 3 rings (SSSR count). The van der Waals surface area contributed by atoms with E-state index in [1.165, 1.54) is 0 Å². The zero-order valence-corrected chi connectivity index (χ0v) is 20.1. The SMILES string of the molecule is Nc1ccc([N+](=O)[O-])cc1S(=O)(=O)O.Nc1ccc([N+](=O)[O-])cc1S(N)(=O)=O.O=S1(=O)CCCC1. The molecule has 1 aliphatic rings. The highest BCUT2D eigenvalue weighted by molar-refractivity contribution is 7.91. The van der Waals surface area contributed by atoms with Crippen molar-refractivity contribution in [3.05, 3.63) is 56.6 Å². The number of sulfone groups is 1. The molecule has 7 N–H and O–H groups in total. The number of nitro groups is 2. The number of hydrogen-bond acceptors (Lipinski definition) is 12. The number of anilines is 2. The Morgan fingerprint density at radius 2 is 1.17 bits per heavy atom. The molecule has 0 unspecified atom stereocenters. The van der Waals surface area contributed by atoms with E-state index in [0.29, 0.717) is 17.6 Å². The topological polar surface area (TPSA) is 287 Å². The molecule has 1 fully saturated rings. The summed E-state index contributed by atoms with van der Waals surface area (Å²) < 4.78 is 72.7. The van der Waals surface area contributed by atoms with Gasteiger partial charge in [0.1, 0.15) is 19.6 Å². The Hall–Kier alpha value is -3.39. The Morgan fingerprint density at radius 1 is 0.800 bits per heavy atom. The monoisotopic (exact) mass is 555 g/mol. The molecule has 2 aromatic carbocycles. The van der Waals surface area contributed by atoms with Gasteiger partial charge in [0.2, 0.25) is 10.0 Å². The predicted molar refractivity (Wildman–Crippen MR) is 124 cm³/mol. The van der Waals surface area contributed by atoms with Gasteiger partial charge in [-0.05, 0) is 25.0 Å². The zero-order valence-electron chi connectivity index (χ0n) is 17.7. The number of primary sulfonamides is 1. The minimum Gasteiger partial charge on any atom is -0.398 e. The first-order chi connectivity index (χ1) is 15.8. The van der Waals surface area contributed by atoms with Gasteiger partial charge in [-0.2, -0.15) is 8.42 Å². The summed E-state index contributed by atoms with van der Waals surface area (Å²) in [6.07, 6.45) is 1.75. The lowest BCUT2D eigenvalue weighted by Crippen LogP contribution is -2.14. The van der Waals surface area contributed by atoms with Gasteiger partial charge in [-0.1, -0.05) is 0 Å². The number of nitrogens with two attached hydrogens (primary N) is 3. The summed E-state index contributed by atoms with van der Waals surface area (Å²) in [6, 6.07) is 5.84. The van der Waals surface area contributed by atoms with Crippen molar-refractivity contribution < 1.29 is 39.7 Å². The van der Waals surface area contributed by atoms with E-state index in [9.17, 15) is 45.5 Å². The lowest BCUT2D eigenvalue weighted by molar-refractivity contribution is -0.385. The average Bonchev–Trinajstić information content (AvgIpc) is 3.11. The first-order valence-corrected chi connectivity index (χ1v) is 13.9. The molecule has 0 radical (unpaired) electrons. The van der Waals surface area contributed by atoms with Gasteiger partial charge < -0.3 is 11.5 Å². The van der Waals surface area contributed by atoms with E-state index in [-0.39, 0.29) is 17.1 Å². The second-order valence-corrected chi connectivity index (χ2v) is 12.1. The zero-order chi connectivity index (χ0) is 27.2. The molecule has 0 aromatic heterocycles. The van der Waals surface area contributed by atoms with Gasteiger partial charge in [-0.3, -0.25) is 24.8 Å². The van der Waals surface area contributed by atoms with Gasteiger partial charge >= 0.3 is 0 Å². The smallest absolute Gasteiger partial charge is 0.296 e. The number of nitro benzene ring substituents is 2. The number of nitrogen functional groups attached to an aromatic ring is 2. The Morgan fingerprint density at radius 3 is 1.46 bits per heavy atom. The molecule has 0 saturated carbocycles. The fraction of sp³-hybridized carbons (Fsp3) is 0.250. The van der Waals surface area contributed by atoms with Gasteiger partial charge in [-0.25, -0.2) is 22.0 Å². The van der Waals surface area contributed by atoms with E-state index in [1.807, 2.05) is 0 Å². The quantitative estimate of drug-likeness (QED) is 0.172. The van der Waals surface area contributed by atoms with Crippen LogP contribution in [0.4, 0.5) is 22.7 Å². The molecule has 1 aliphatic heterocycles. The van der Waals surface area contributed by atoms with Crippen LogP contribution in [0.3, 0.4) is 0 Å². The molecule has 194 valence electrons. The normalized spacial score (nSPS) is 14.6. The van der Waals surface area contributed by atoms with Crippen molar-refractivity contribution in [1.82, 2.24) is 0 Å². The van der Waals surface area contributed by atoms with E-state index in [0.717, 1.165) is 43.2 Å². The summed E-state index contributed by atoms with van der Waals surface area (Å²) >= 11 is 0. The highest BCUT2D eigenvalue weighted by atomic mass is 32.2. The summed E-state index contributed by atoms with van der Waals surface area (Å²) in [4.78, 5) is 18.0. The van der Waals surface area contributed by atoms with Gasteiger partial charge in [0, 0.05) is 24.3 Å². The summed E-state index contributed by atoms with van der Waals surface area (Å²) in [5, 5.41) is 25.4. The number of nitrogens with zero attached hydrogens (tertiary/aromatic N) is 2. The fourth-order valence-corrected chi connectivity index (χ4v) is 5.30. The van der Waals surface area contributed by atoms with Crippen molar-refractivity contribution in [1.29, 1.82) is 0 Å². The van der Waals surface area contributed by atoms with Crippen molar-refractivity contribution in [2.45, 2.75) is 22.6 Å². The largest absolute Gasteiger partial charge is 0.398 e. The molecule has 0 spiro atoms. The molecule has 1 heterocycles. The van der Waals surface area contributed by atoms with Crippen LogP contribution in [0.15, 0.2) is 46.2 Å². The second-order valence-electron chi connectivity index (χ2n) is 6.84. The van der Waals surface area contributed by atoms with Crippen molar-refractivity contribution >= 4 is 52.7 Å². The molecule has 0 bridgehead atoms. The van der Waals surface area contributed by atoms with Crippen molar-refractivity contribution in [2.24, 2.45) is 5.14 Å². The van der Waals surface area contributed by atoms with Crippen LogP contribution in [0.1, 0.15) is 12.8 Å². The third-order valence-electron chi connectivity index (χ3n) is 4.16. The van der Waals surface area contributed by atoms with E-state index in [1.54, 1.807) is 0 Å². The van der Waals surface area contributed by atoms with E-state index >= 15 is 0 Å². The Kier molecular flexibility index (Phi) is 9.62. The molecular weight excluding hydrogens is 534 g/mol. The molecule has 0 atom stereocenters. The van der Waals surface area contributed by atoms with Crippen molar-refractivity contribution in [2.75, 3.05) is 23.0 Å². The highest BCUT2D eigenvalue weighted by Crippen LogP contribution is 2.24. The lowest BCUT2D eigenvalue weighted by Gasteiger charge is -2.01. The Labute approximate surface area is 199 Å². The molecule has 16 nitrogen and oxygen atoms in total. The van der Waals surface area contributed by atoms with Crippen molar-refractivity contribution in [3.8, 4) is 0 Å². The molecule has 0 amide bonds. The summed E-state index contributed by atoms with van der Waals surface area (Å²) in [6.45, 7) is 0. The number of benzene rings is 2. The highest BCUT2D eigenvalue weighted by Gasteiger charge is 2.19. The second kappa shape index (κ2) is 11.4. The van der Waals surface area contributed by atoms with Gasteiger partial charge in [-0.15, -0.1) is 0 Å². The van der Waals surface area contributed by atoms with Gasteiger partial charge in [0.05, 0.1) is 32.7 Å². The molecule has 19 heteroatoms. The maximum absolute atomic E-state index is 10.9. The third-order valence-corrected chi connectivity index (χ3v) is 7.86. The van der Waals surface area contributed by atoms with Gasteiger partial charge in [0.25, 0.3) is 21.5 Å². The van der Waals surface area contributed by atoms with E-state index in [4.69, 9.17) is 21.2 Å². The lowest BCUT2D eigenvalue weighted by atomic mass is 10.3. The van der Waals surface area contributed by atoms with Crippen LogP contribution >= 0.6 is 0 Å². The van der Waals surface area contributed by atoms with E-state index in [2.05, 4.69) is 0 Å². The fourth-order valence-electron chi connectivity index (χ4n) is 2.49. The standard InChI is InChI=1S/C6H7N3O4S.C6H6N2O5S.C4H8O2S/c7-5-2-1-4(9(10)11)3-6(5)14(8,12)13;7-5-2-1-4(8(9)10)3-6(5)14(11,12)13;5-7(6)3-1-2-4-7/h1-3H,7H2,(H2,8,12,13);1-3H,7H2,(H,11,12,13);1-4H2. The number of non-ortho nitro benzene ring substituents is 2. The third kappa shape index (κ3) is 9.41. The maximum Gasteiger partial charge on any atom is 0.296 e. The number of rotatable bonds is 4. The first kappa shape index (κ1) is 29.6. The van der Waals surface area contributed by atoms with Crippen LogP contribution in [0.2, 0.25) is 0 Å². The van der Waals surface area contributed by atoms with E-state index < -0.39 is 55.3 Å². The summed E-state index contributed by atoms with van der Waals surface area (Å²) in [5.74, 6) is 0.847. The minimum absolute atomic E-state index is 0.113. The van der Waals surface area contributed by atoms with Crippen LogP contribution in [0.25, 0.3) is 0 Å².